The minimum Gasteiger partial charge on any atom is -0.481 e. The maximum absolute atomic E-state index is 13.1. The van der Waals surface area contributed by atoms with Gasteiger partial charge in [0.05, 0.1) is 5.92 Å². The molecule has 20 heavy (non-hydrogen) atoms. The summed E-state index contributed by atoms with van der Waals surface area (Å²) in [6.07, 6.45) is 0.433. The van der Waals surface area contributed by atoms with E-state index in [2.05, 4.69) is 0 Å². The molecule has 4 nitrogen and oxygen atoms in total. The van der Waals surface area contributed by atoms with Gasteiger partial charge in [-0.3, -0.25) is 9.59 Å². The third-order valence-electron chi connectivity index (χ3n) is 3.20. The van der Waals surface area contributed by atoms with E-state index < -0.39 is 11.9 Å². The SMILES string of the molecule is CC(CN(C)C(=O)C(C)Cc1cccc(F)c1)C(=O)O. The predicted molar refractivity (Wildman–Crippen MR) is 73.7 cm³/mol. The van der Waals surface area contributed by atoms with Gasteiger partial charge in [0.1, 0.15) is 5.82 Å². The second-order valence-corrected chi connectivity index (χ2v) is 5.19. The van der Waals surface area contributed by atoms with Crippen LogP contribution < -0.4 is 0 Å². The van der Waals surface area contributed by atoms with Crippen molar-refractivity contribution >= 4 is 11.9 Å². The average molecular weight is 281 g/mol. The minimum absolute atomic E-state index is 0.137. The number of benzene rings is 1. The summed E-state index contributed by atoms with van der Waals surface area (Å²) in [4.78, 5) is 24.3. The Kier molecular flexibility index (Phi) is 5.67. The van der Waals surface area contributed by atoms with Crippen molar-refractivity contribution < 1.29 is 19.1 Å². The first-order chi connectivity index (χ1) is 9.31. The van der Waals surface area contributed by atoms with Gasteiger partial charge in [-0.25, -0.2) is 4.39 Å². The third-order valence-corrected chi connectivity index (χ3v) is 3.20. The first-order valence-corrected chi connectivity index (χ1v) is 6.53. The van der Waals surface area contributed by atoms with Crippen molar-refractivity contribution in [2.24, 2.45) is 11.8 Å². The molecular formula is C15H20FNO3. The fourth-order valence-corrected chi connectivity index (χ4v) is 2.06. The molecule has 0 fully saturated rings. The molecule has 1 N–H and O–H groups in total. The van der Waals surface area contributed by atoms with Crippen molar-refractivity contribution in [3.8, 4) is 0 Å². The summed E-state index contributed by atoms with van der Waals surface area (Å²) < 4.78 is 13.1. The number of carboxylic acid groups (broad SMARTS) is 1. The van der Waals surface area contributed by atoms with Gasteiger partial charge in [-0.1, -0.05) is 26.0 Å². The Morgan fingerprint density at radius 2 is 1.95 bits per heavy atom. The minimum atomic E-state index is -0.928. The highest BCUT2D eigenvalue weighted by Gasteiger charge is 2.21. The molecular weight excluding hydrogens is 261 g/mol. The Morgan fingerprint density at radius 3 is 2.50 bits per heavy atom. The quantitative estimate of drug-likeness (QED) is 0.869. The van der Waals surface area contributed by atoms with Crippen molar-refractivity contribution in [2.75, 3.05) is 13.6 Å². The third kappa shape index (κ3) is 4.64. The molecule has 2 atom stereocenters. The summed E-state index contributed by atoms with van der Waals surface area (Å²) in [7, 11) is 1.59. The standard InChI is InChI=1S/C15H20FNO3/c1-10(7-12-5-4-6-13(16)8-12)14(18)17(3)9-11(2)15(19)20/h4-6,8,10-11H,7,9H2,1-3H3,(H,19,20). The van der Waals surface area contributed by atoms with Gasteiger partial charge >= 0.3 is 5.97 Å². The van der Waals surface area contributed by atoms with Gasteiger partial charge in [0.2, 0.25) is 5.91 Å². The number of hydrogen-bond acceptors (Lipinski definition) is 2. The summed E-state index contributed by atoms with van der Waals surface area (Å²) in [5.74, 6) is -2.31. The van der Waals surface area contributed by atoms with Crippen LogP contribution in [0.25, 0.3) is 0 Å². The highest BCUT2D eigenvalue weighted by atomic mass is 19.1. The maximum Gasteiger partial charge on any atom is 0.308 e. The zero-order valence-electron chi connectivity index (χ0n) is 12.0. The van der Waals surface area contributed by atoms with E-state index in [-0.39, 0.29) is 24.2 Å². The largest absolute Gasteiger partial charge is 0.481 e. The molecule has 5 heteroatoms. The van der Waals surface area contributed by atoms with Crippen LogP contribution in [0.4, 0.5) is 4.39 Å². The number of aliphatic carboxylic acids is 1. The number of carboxylic acids is 1. The van der Waals surface area contributed by atoms with E-state index in [9.17, 15) is 14.0 Å². The lowest BCUT2D eigenvalue weighted by atomic mass is 9.99. The zero-order chi connectivity index (χ0) is 15.3. The molecule has 1 rings (SSSR count). The smallest absolute Gasteiger partial charge is 0.308 e. The van der Waals surface area contributed by atoms with Crippen molar-refractivity contribution in [3.63, 3.8) is 0 Å². The highest BCUT2D eigenvalue weighted by molar-refractivity contribution is 5.79. The number of nitrogens with zero attached hydrogens (tertiary/aromatic N) is 1. The molecule has 0 saturated heterocycles. The van der Waals surface area contributed by atoms with E-state index in [4.69, 9.17) is 5.11 Å². The lowest BCUT2D eigenvalue weighted by Gasteiger charge is -2.23. The lowest BCUT2D eigenvalue weighted by Crippen LogP contribution is -2.37. The molecule has 2 unspecified atom stereocenters. The summed E-state index contributed by atoms with van der Waals surface area (Å²) >= 11 is 0. The highest BCUT2D eigenvalue weighted by Crippen LogP contribution is 2.13. The van der Waals surface area contributed by atoms with E-state index in [0.717, 1.165) is 5.56 Å². The van der Waals surface area contributed by atoms with Gasteiger partial charge in [0.25, 0.3) is 0 Å². The molecule has 110 valence electrons. The summed E-state index contributed by atoms with van der Waals surface area (Å²) in [6, 6.07) is 6.14. The molecule has 1 aromatic rings. The van der Waals surface area contributed by atoms with E-state index in [1.807, 2.05) is 0 Å². The molecule has 1 amide bonds. The van der Waals surface area contributed by atoms with Gasteiger partial charge in [0.15, 0.2) is 0 Å². The number of halogens is 1. The van der Waals surface area contributed by atoms with Crippen LogP contribution in [-0.4, -0.2) is 35.5 Å². The van der Waals surface area contributed by atoms with Crippen LogP contribution in [0.15, 0.2) is 24.3 Å². The Labute approximate surface area is 118 Å². The molecule has 0 saturated carbocycles. The predicted octanol–water partition coefficient (Wildman–Crippen LogP) is 2.18. The molecule has 0 aliphatic heterocycles. The van der Waals surface area contributed by atoms with E-state index in [1.54, 1.807) is 33.0 Å². The first kappa shape index (κ1) is 16.1. The molecule has 0 bridgehead atoms. The van der Waals surface area contributed by atoms with E-state index in [0.29, 0.717) is 6.42 Å². The van der Waals surface area contributed by atoms with Crippen LogP contribution in [0.5, 0.6) is 0 Å². The second-order valence-electron chi connectivity index (χ2n) is 5.19. The lowest BCUT2D eigenvalue weighted by molar-refractivity contribution is -0.143. The molecule has 0 aromatic heterocycles. The monoisotopic (exact) mass is 281 g/mol. The molecule has 0 heterocycles. The second kappa shape index (κ2) is 7.03. The average Bonchev–Trinajstić information content (AvgIpc) is 2.37. The fourth-order valence-electron chi connectivity index (χ4n) is 2.06. The van der Waals surface area contributed by atoms with Crippen LogP contribution in [0.1, 0.15) is 19.4 Å². The van der Waals surface area contributed by atoms with E-state index >= 15 is 0 Å². The van der Waals surface area contributed by atoms with Gasteiger partial charge in [-0.05, 0) is 24.1 Å². The first-order valence-electron chi connectivity index (χ1n) is 6.53. The maximum atomic E-state index is 13.1. The summed E-state index contributed by atoms with van der Waals surface area (Å²) in [6.45, 7) is 3.49. The van der Waals surface area contributed by atoms with Crippen molar-refractivity contribution in [1.29, 1.82) is 0 Å². The number of amides is 1. The zero-order valence-corrected chi connectivity index (χ0v) is 12.0. The normalized spacial score (nSPS) is 13.6. The molecule has 0 radical (unpaired) electrons. The van der Waals surface area contributed by atoms with Gasteiger partial charge in [-0.15, -0.1) is 0 Å². The van der Waals surface area contributed by atoms with Crippen LogP contribution in [0, 0.1) is 17.7 Å². The van der Waals surface area contributed by atoms with Gasteiger partial charge < -0.3 is 10.0 Å². The number of hydrogen-bond donors (Lipinski definition) is 1. The number of carbonyl (C=O) groups excluding carboxylic acids is 1. The molecule has 0 aliphatic rings. The van der Waals surface area contributed by atoms with Crippen molar-refractivity contribution in [2.45, 2.75) is 20.3 Å². The van der Waals surface area contributed by atoms with Crippen LogP contribution in [0.3, 0.4) is 0 Å². The number of rotatable bonds is 6. The Morgan fingerprint density at radius 1 is 1.30 bits per heavy atom. The van der Waals surface area contributed by atoms with Crippen LogP contribution >= 0.6 is 0 Å². The molecule has 0 aliphatic carbocycles. The van der Waals surface area contributed by atoms with Crippen molar-refractivity contribution in [3.05, 3.63) is 35.6 Å². The topological polar surface area (TPSA) is 57.6 Å². The number of carbonyl (C=O) groups is 2. The van der Waals surface area contributed by atoms with Crippen LogP contribution in [0.2, 0.25) is 0 Å². The Balaban J connectivity index is 2.60. The van der Waals surface area contributed by atoms with E-state index in [1.165, 1.54) is 17.0 Å². The van der Waals surface area contributed by atoms with Crippen molar-refractivity contribution in [1.82, 2.24) is 4.90 Å². The van der Waals surface area contributed by atoms with Gasteiger partial charge in [0, 0.05) is 19.5 Å². The summed E-state index contributed by atoms with van der Waals surface area (Å²) in [5, 5.41) is 8.84. The fraction of sp³-hybridized carbons (Fsp3) is 0.467. The Bertz CT molecular complexity index is 490. The molecule has 0 spiro atoms. The van der Waals surface area contributed by atoms with Gasteiger partial charge in [-0.2, -0.15) is 0 Å². The molecule has 1 aromatic carbocycles. The Hall–Kier alpha value is -1.91. The van der Waals surface area contributed by atoms with Crippen LogP contribution in [-0.2, 0) is 16.0 Å². The summed E-state index contributed by atoms with van der Waals surface area (Å²) in [5.41, 5.74) is 0.755.